The molecule has 0 radical (unpaired) electrons. The van der Waals surface area contributed by atoms with Gasteiger partial charge in [-0.15, -0.1) is 0 Å². The molecule has 1 unspecified atom stereocenters. The summed E-state index contributed by atoms with van der Waals surface area (Å²) in [4.78, 5) is 0. The van der Waals surface area contributed by atoms with Crippen molar-refractivity contribution in [3.8, 4) is 0 Å². The summed E-state index contributed by atoms with van der Waals surface area (Å²) in [6.45, 7) is 2.03. The van der Waals surface area contributed by atoms with E-state index in [2.05, 4.69) is 11.5 Å². The minimum absolute atomic E-state index is 0.273. The van der Waals surface area contributed by atoms with Crippen LogP contribution in [0.5, 0.6) is 0 Å². The van der Waals surface area contributed by atoms with Gasteiger partial charge >= 0.3 is 0 Å². The summed E-state index contributed by atoms with van der Waals surface area (Å²) in [5.41, 5.74) is 5.55. The first-order valence-electron chi connectivity index (χ1n) is 6.39. The van der Waals surface area contributed by atoms with E-state index >= 15 is 0 Å². The van der Waals surface area contributed by atoms with Crippen LogP contribution in [0.2, 0.25) is 0 Å². The maximum Gasteiger partial charge on any atom is 0.134 e. The van der Waals surface area contributed by atoms with Crippen molar-refractivity contribution in [2.75, 3.05) is 0 Å². The third-order valence-electron chi connectivity index (χ3n) is 3.35. The zero-order valence-corrected chi connectivity index (χ0v) is 11.1. The highest BCUT2D eigenvalue weighted by Crippen LogP contribution is 2.28. The van der Waals surface area contributed by atoms with Crippen LogP contribution in [0.15, 0.2) is 52.9 Å². The maximum atomic E-state index is 13.0. The van der Waals surface area contributed by atoms with E-state index in [0.29, 0.717) is 5.76 Å². The number of nitrogens with two attached hydrogens (primary N) is 1. The van der Waals surface area contributed by atoms with Crippen molar-refractivity contribution in [1.29, 1.82) is 0 Å². The average Bonchev–Trinajstić information content (AvgIpc) is 2.84. The number of fused-ring (bicyclic) bond motifs is 1. The number of benzene rings is 2. The predicted octanol–water partition coefficient (Wildman–Crippen LogP) is 3.43. The zero-order valence-electron chi connectivity index (χ0n) is 11.1. The Bertz CT molecular complexity index is 734. The Morgan fingerprint density at radius 2 is 1.85 bits per heavy atom. The van der Waals surface area contributed by atoms with Crippen LogP contribution >= 0.6 is 0 Å². The fourth-order valence-electron chi connectivity index (χ4n) is 2.32. The number of rotatable bonds is 3. The van der Waals surface area contributed by atoms with Gasteiger partial charge in [0.15, 0.2) is 0 Å². The fraction of sp³-hybridized carbons (Fsp3) is 0.125. The number of furan rings is 1. The molecule has 1 atom stereocenters. The lowest BCUT2D eigenvalue weighted by molar-refractivity contribution is 0.476. The highest BCUT2D eigenvalue weighted by atomic mass is 19.1. The predicted molar refractivity (Wildman–Crippen MR) is 76.5 cm³/mol. The Balaban J connectivity index is 2.04. The van der Waals surface area contributed by atoms with Crippen molar-refractivity contribution in [3.63, 3.8) is 0 Å². The van der Waals surface area contributed by atoms with Crippen molar-refractivity contribution >= 4 is 11.0 Å². The second-order valence-corrected chi connectivity index (χ2v) is 4.84. The molecular weight excluding hydrogens is 255 g/mol. The molecule has 0 aliphatic rings. The lowest BCUT2D eigenvalue weighted by Crippen LogP contribution is -2.28. The third kappa shape index (κ3) is 2.31. The molecule has 0 aliphatic carbocycles. The van der Waals surface area contributed by atoms with Crippen molar-refractivity contribution in [2.45, 2.75) is 13.0 Å². The maximum absolute atomic E-state index is 13.0. The van der Waals surface area contributed by atoms with Crippen molar-refractivity contribution in [1.82, 2.24) is 5.43 Å². The van der Waals surface area contributed by atoms with Gasteiger partial charge in [0, 0.05) is 5.39 Å². The van der Waals surface area contributed by atoms with E-state index in [1.54, 1.807) is 12.1 Å². The van der Waals surface area contributed by atoms with Crippen molar-refractivity contribution in [3.05, 3.63) is 71.2 Å². The number of hydrazine groups is 1. The topological polar surface area (TPSA) is 51.2 Å². The van der Waals surface area contributed by atoms with Crippen LogP contribution in [0.25, 0.3) is 11.0 Å². The van der Waals surface area contributed by atoms with Crippen LogP contribution in [-0.2, 0) is 0 Å². The Morgan fingerprint density at radius 1 is 1.10 bits per heavy atom. The molecule has 3 rings (SSSR count). The van der Waals surface area contributed by atoms with Crippen LogP contribution in [0.4, 0.5) is 4.39 Å². The van der Waals surface area contributed by atoms with E-state index in [4.69, 9.17) is 10.3 Å². The van der Waals surface area contributed by atoms with Crippen molar-refractivity contribution in [2.24, 2.45) is 5.84 Å². The van der Waals surface area contributed by atoms with E-state index in [9.17, 15) is 4.39 Å². The minimum atomic E-state index is -0.302. The van der Waals surface area contributed by atoms with Crippen molar-refractivity contribution < 1.29 is 8.81 Å². The van der Waals surface area contributed by atoms with Gasteiger partial charge in [0.1, 0.15) is 23.2 Å². The molecule has 1 aromatic heterocycles. The Kier molecular flexibility index (Phi) is 3.26. The Morgan fingerprint density at radius 3 is 2.55 bits per heavy atom. The van der Waals surface area contributed by atoms with Crippen LogP contribution in [0.1, 0.15) is 22.9 Å². The molecule has 0 bridgehead atoms. The summed E-state index contributed by atoms with van der Waals surface area (Å²) in [5.74, 6) is 6.06. The van der Waals surface area contributed by atoms with E-state index in [1.165, 1.54) is 17.7 Å². The first kappa shape index (κ1) is 12.8. The van der Waals surface area contributed by atoms with E-state index in [-0.39, 0.29) is 11.9 Å². The molecule has 4 heteroatoms. The standard InChI is InChI=1S/C16H15FN2O/c1-10-2-7-14-12(8-10)9-15(20-14)16(19-18)11-3-5-13(17)6-4-11/h2-9,16,19H,18H2,1H3. The Labute approximate surface area is 116 Å². The summed E-state index contributed by atoms with van der Waals surface area (Å²) < 4.78 is 18.8. The second-order valence-electron chi connectivity index (χ2n) is 4.84. The van der Waals surface area contributed by atoms with Gasteiger partial charge in [-0.2, -0.15) is 0 Å². The minimum Gasteiger partial charge on any atom is -0.459 e. The molecule has 3 nitrogen and oxygen atoms in total. The molecule has 102 valence electrons. The lowest BCUT2D eigenvalue weighted by Gasteiger charge is -2.13. The first-order chi connectivity index (χ1) is 9.67. The van der Waals surface area contributed by atoms with Crippen LogP contribution in [0, 0.1) is 12.7 Å². The SMILES string of the molecule is Cc1ccc2oc(C(NN)c3ccc(F)cc3)cc2c1. The molecular formula is C16H15FN2O. The second kappa shape index (κ2) is 5.07. The fourth-order valence-corrected chi connectivity index (χ4v) is 2.32. The molecule has 0 fully saturated rings. The first-order valence-corrected chi connectivity index (χ1v) is 6.39. The smallest absolute Gasteiger partial charge is 0.134 e. The summed E-state index contributed by atoms with van der Waals surface area (Å²) in [5, 5.41) is 1.03. The average molecular weight is 270 g/mol. The molecule has 0 saturated carbocycles. The van der Waals surface area contributed by atoms with Gasteiger partial charge in [-0.25, -0.2) is 9.82 Å². The molecule has 1 heterocycles. The van der Waals surface area contributed by atoms with Crippen LogP contribution in [-0.4, -0.2) is 0 Å². The number of hydrogen-bond acceptors (Lipinski definition) is 3. The highest BCUT2D eigenvalue weighted by Gasteiger charge is 2.17. The largest absolute Gasteiger partial charge is 0.459 e. The van der Waals surface area contributed by atoms with Gasteiger partial charge in [-0.1, -0.05) is 23.8 Å². The molecule has 3 aromatic rings. The normalized spacial score (nSPS) is 12.8. The Hall–Kier alpha value is -2.17. The summed E-state index contributed by atoms with van der Waals surface area (Å²) >= 11 is 0. The summed E-state index contributed by atoms with van der Waals surface area (Å²) in [6, 6.07) is 13.8. The quantitative estimate of drug-likeness (QED) is 0.566. The molecule has 20 heavy (non-hydrogen) atoms. The molecule has 0 saturated heterocycles. The zero-order chi connectivity index (χ0) is 14.1. The van der Waals surface area contributed by atoms with E-state index in [1.807, 2.05) is 25.1 Å². The van der Waals surface area contributed by atoms with Gasteiger partial charge < -0.3 is 4.42 Å². The van der Waals surface area contributed by atoms with Gasteiger partial charge in [0.25, 0.3) is 0 Å². The number of halogens is 1. The van der Waals surface area contributed by atoms with Crippen LogP contribution in [0.3, 0.4) is 0 Å². The molecule has 0 aliphatic heterocycles. The summed E-state index contributed by atoms with van der Waals surface area (Å²) in [6.07, 6.45) is 0. The van der Waals surface area contributed by atoms with Crippen LogP contribution < -0.4 is 11.3 Å². The van der Waals surface area contributed by atoms with Gasteiger partial charge in [0.2, 0.25) is 0 Å². The number of nitrogens with one attached hydrogen (secondary N) is 1. The molecule has 3 N–H and O–H groups in total. The monoisotopic (exact) mass is 270 g/mol. The number of aryl methyl sites for hydroxylation is 1. The summed E-state index contributed by atoms with van der Waals surface area (Å²) in [7, 11) is 0. The highest BCUT2D eigenvalue weighted by molar-refractivity contribution is 5.78. The van der Waals surface area contributed by atoms with Gasteiger partial charge in [-0.05, 0) is 42.8 Å². The van der Waals surface area contributed by atoms with Gasteiger partial charge in [0.05, 0.1) is 0 Å². The van der Waals surface area contributed by atoms with E-state index < -0.39 is 0 Å². The van der Waals surface area contributed by atoms with Gasteiger partial charge in [-0.3, -0.25) is 5.84 Å². The number of hydrogen-bond donors (Lipinski definition) is 2. The molecule has 2 aromatic carbocycles. The molecule has 0 amide bonds. The molecule has 0 spiro atoms. The third-order valence-corrected chi connectivity index (χ3v) is 3.35. The lowest BCUT2D eigenvalue weighted by atomic mass is 10.0. The van der Waals surface area contributed by atoms with E-state index in [0.717, 1.165) is 16.5 Å².